The smallest absolute Gasteiger partial charge is 0.507 e. The van der Waals surface area contributed by atoms with Crippen LogP contribution in [0.2, 0.25) is 0 Å². The molecule has 280 valence electrons. The molecule has 0 aliphatic carbocycles. The third-order valence-corrected chi connectivity index (χ3v) is 5.54. The lowest BCUT2D eigenvalue weighted by Gasteiger charge is -2.19. The minimum absolute atomic E-state index is 1.75. The van der Waals surface area contributed by atoms with Gasteiger partial charge in [0.1, 0.15) is 0 Å². The van der Waals surface area contributed by atoms with Crippen LogP contribution in [0.25, 0.3) is 0 Å². The Kier molecular flexibility index (Phi) is 12.3. The van der Waals surface area contributed by atoms with Gasteiger partial charge in [-0.25, -0.2) is 52.7 Å². The lowest BCUT2D eigenvalue weighted by molar-refractivity contribution is 0.246. The molecule has 4 aromatic rings. The highest BCUT2D eigenvalue weighted by atomic mass is 19.2. The summed E-state index contributed by atoms with van der Waals surface area (Å²) in [6.07, 6.45) is 0. The second kappa shape index (κ2) is 15.5. The molecule has 0 heterocycles. The maximum atomic E-state index is 13.9. The lowest BCUT2D eigenvalue weighted by atomic mass is 10.1. The second-order valence-electron chi connectivity index (χ2n) is 8.68. The molecule has 0 fully saturated rings. The quantitative estimate of drug-likeness (QED) is 0.0866. The fraction of sp³-hybridized carbons (Fsp3) is 0. The highest BCUT2D eigenvalue weighted by Gasteiger charge is 2.42. The fourth-order valence-corrected chi connectivity index (χ4v) is 3.22. The molecule has 0 aromatic heterocycles. The minimum Gasteiger partial charge on any atom is -0.507 e. The van der Waals surface area contributed by atoms with E-state index >= 15 is 0 Å². The van der Waals surface area contributed by atoms with E-state index in [-0.39, 0.29) is 0 Å². The van der Waals surface area contributed by atoms with Crippen molar-refractivity contribution in [2.75, 3.05) is 0 Å². The van der Waals surface area contributed by atoms with Gasteiger partial charge in [-0.3, -0.25) is 0 Å². The minimum atomic E-state index is -3.75. The first-order valence-electron chi connectivity index (χ1n) is 12.1. The van der Waals surface area contributed by atoms with E-state index in [9.17, 15) is 87.8 Å². The molecule has 4 rings (SSSR count). The van der Waals surface area contributed by atoms with Gasteiger partial charge in [-0.05, 0) is 0 Å². The van der Waals surface area contributed by atoms with Crippen LogP contribution >= 0.6 is 0 Å². The van der Waals surface area contributed by atoms with Crippen molar-refractivity contribution in [3.63, 3.8) is 0 Å². The molecule has 28 heteroatoms. The van der Waals surface area contributed by atoms with E-state index in [4.69, 9.17) is 10.0 Å². The van der Waals surface area contributed by atoms with Crippen LogP contribution in [-0.4, -0.2) is 24.7 Å². The Morgan fingerprint density at radius 3 is 0.519 bits per heavy atom. The van der Waals surface area contributed by atoms with Crippen LogP contribution in [0, 0.1) is 116 Å². The van der Waals surface area contributed by atoms with Crippen LogP contribution in [0.1, 0.15) is 0 Å². The van der Waals surface area contributed by atoms with E-state index in [1.54, 1.807) is 0 Å². The summed E-state index contributed by atoms with van der Waals surface area (Å²) in [5.41, 5.74) is 0. The fourth-order valence-electron chi connectivity index (χ4n) is 3.22. The van der Waals surface area contributed by atoms with E-state index < -0.39 is 154 Å². The largest absolute Gasteiger partial charge is 0.864 e. The first-order chi connectivity index (χ1) is 24.0. The van der Waals surface area contributed by atoms with Crippen LogP contribution in [0.15, 0.2) is 0 Å². The predicted octanol–water partition coefficient (Wildman–Crippen LogP) is 7.03. The highest BCUT2D eigenvalue weighted by Crippen LogP contribution is 2.35. The maximum Gasteiger partial charge on any atom is 0.864 e. The normalized spacial score (nSPS) is 10.9. The zero-order valence-corrected chi connectivity index (χ0v) is 23.2. The third-order valence-electron chi connectivity index (χ3n) is 5.54. The van der Waals surface area contributed by atoms with Crippen LogP contribution in [0.4, 0.5) is 87.8 Å². The van der Waals surface area contributed by atoms with E-state index in [1.807, 2.05) is 0 Å². The van der Waals surface area contributed by atoms with E-state index in [0.717, 1.165) is 0 Å². The Hall–Kier alpha value is -5.27. The molecule has 0 spiro atoms. The molecule has 0 aliphatic rings. The number of hydrogen-bond acceptors (Lipinski definition) is 6. The van der Waals surface area contributed by atoms with Crippen molar-refractivity contribution >= 4 is 14.6 Å². The zero-order valence-electron chi connectivity index (χ0n) is 23.2. The second-order valence-corrected chi connectivity index (χ2v) is 8.68. The molecular weight excluding hydrogens is 786 g/mol. The lowest BCUT2D eigenvalue weighted by Crippen LogP contribution is -2.39. The summed E-state index contributed by atoms with van der Waals surface area (Å²) in [7, 11) is -6.45. The first kappa shape index (κ1) is 41.2. The molecule has 0 aliphatic heterocycles. The Morgan fingerprint density at radius 1 is 0.231 bits per heavy atom. The monoisotopic (exact) mass is 788 g/mol. The molecular formula is C24H2B2F20O6. The molecule has 2 N–H and O–H groups in total. The molecule has 0 bridgehead atoms. The molecule has 0 atom stereocenters. The van der Waals surface area contributed by atoms with Gasteiger partial charge in [-0.15, -0.1) is 0 Å². The van der Waals surface area contributed by atoms with Crippen molar-refractivity contribution in [1.29, 1.82) is 0 Å². The van der Waals surface area contributed by atoms with Gasteiger partial charge in [0.15, 0.2) is 23.0 Å². The van der Waals surface area contributed by atoms with Gasteiger partial charge in [-0.1, -0.05) is 0 Å². The molecule has 0 amide bonds. The number of benzene rings is 4. The molecule has 0 saturated heterocycles. The summed E-state index contributed by atoms with van der Waals surface area (Å²) in [6.45, 7) is 0. The third kappa shape index (κ3) is 7.51. The van der Waals surface area contributed by atoms with Gasteiger partial charge >= 0.3 is 14.6 Å². The molecule has 6 nitrogen and oxygen atoms in total. The Labute approximate surface area is 271 Å². The van der Waals surface area contributed by atoms with Crippen molar-refractivity contribution < 1.29 is 116 Å². The van der Waals surface area contributed by atoms with Crippen molar-refractivity contribution in [2.24, 2.45) is 0 Å². The zero-order chi connectivity index (χ0) is 39.8. The van der Waals surface area contributed by atoms with Crippen LogP contribution in [0.3, 0.4) is 0 Å². The summed E-state index contributed by atoms with van der Waals surface area (Å²) in [5.74, 6) is -63.1. The Bertz CT molecular complexity index is 1780. The van der Waals surface area contributed by atoms with E-state index in [2.05, 4.69) is 18.6 Å². The topological polar surface area (TPSA) is 77.4 Å². The van der Waals surface area contributed by atoms with Crippen molar-refractivity contribution in [1.82, 2.24) is 0 Å². The highest BCUT2D eigenvalue weighted by molar-refractivity contribution is 6.39. The average molecular weight is 788 g/mol. The summed E-state index contributed by atoms with van der Waals surface area (Å²) >= 11 is 0. The molecule has 0 unspecified atom stereocenters. The van der Waals surface area contributed by atoms with Crippen LogP contribution < -0.4 is 18.6 Å². The molecule has 0 radical (unpaired) electrons. The predicted molar refractivity (Wildman–Crippen MR) is 123 cm³/mol. The first-order valence-corrected chi connectivity index (χ1v) is 12.1. The van der Waals surface area contributed by atoms with Gasteiger partial charge in [0.05, 0.1) is 0 Å². The molecule has 52 heavy (non-hydrogen) atoms. The number of halogens is 20. The van der Waals surface area contributed by atoms with Crippen LogP contribution in [0.5, 0.6) is 23.0 Å². The van der Waals surface area contributed by atoms with Crippen molar-refractivity contribution in [2.45, 2.75) is 0 Å². The summed E-state index contributed by atoms with van der Waals surface area (Å²) in [4.78, 5) is 0. The van der Waals surface area contributed by atoms with Crippen molar-refractivity contribution in [3.05, 3.63) is 116 Å². The number of rotatable bonds is 8. The molecule has 0 saturated carbocycles. The Morgan fingerprint density at radius 2 is 0.365 bits per heavy atom. The Balaban J connectivity index is 0.000000406. The van der Waals surface area contributed by atoms with Gasteiger partial charge in [0.2, 0.25) is 116 Å². The van der Waals surface area contributed by atoms with Crippen molar-refractivity contribution in [3.8, 4) is 23.0 Å². The van der Waals surface area contributed by atoms with Gasteiger partial charge < -0.3 is 28.7 Å². The number of hydrogen-bond donors (Lipinski definition) is 2. The maximum absolute atomic E-state index is 13.9. The summed E-state index contributed by atoms with van der Waals surface area (Å²) in [5, 5.41) is 16.3. The van der Waals surface area contributed by atoms with E-state index in [1.165, 1.54) is 0 Å². The SMILES string of the molecule is Fc1c(F)c(F)c(OB(Oc2c(F)c(F)c(F)c(F)c2F)Oc2c(F)c(F)c(F)c(F)c2F)c(F)c1F.OB(O)Oc1c(F)c(F)c(F)c(F)c1F. The standard InChI is InChI=1S/C18BF15O3.C6H2BF5O3/c20-1-4(23)10(29)16(11(30)5(1)24)35-19(36-17-12(31)6(25)2(21)7(26)13(17)32)37-18-14(33)8(27)3(22)9(28)15(18)34;8-1-2(9)4(11)6(15-7(13)14)5(12)3(1)10/h;13-14H. The van der Waals surface area contributed by atoms with Crippen LogP contribution in [-0.2, 0) is 0 Å². The average Bonchev–Trinajstić information content (AvgIpc) is 3.11. The van der Waals surface area contributed by atoms with Gasteiger partial charge in [-0.2, -0.15) is 35.1 Å². The molecule has 4 aromatic carbocycles. The van der Waals surface area contributed by atoms with E-state index in [0.29, 0.717) is 0 Å². The van der Waals surface area contributed by atoms with Gasteiger partial charge in [0, 0.05) is 0 Å². The summed E-state index contributed by atoms with van der Waals surface area (Å²) in [6, 6.07) is 0. The van der Waals surface area contributed by atoms with Gasteiger partial charge in [0.25, 0.3) is 0 Å². The summed E-state index contributed by atoms with van der Waals surface area (Å²) < 4.78 is 282.